The number of amides is 2. The number of hydrogen-bond acceptors (Lipinski definition) is 5. The molecule has 0 radical (unpaired) electrons. The standard InChI is InChI=1S/C21H25F2N7O/c1-29-13-15(12-25-29)18-3-2-14-11-24-20(8-19(14)27-18)28-21(31)30-6-4-16(5-7-30)26-17(9-22)10-23/h2-3,8,11-13,16-17,26H,4-7,9-10H2,1H3,(H,24,28,31). The molecule has 31 heavy (non-hydrogen) atoms. The number of alkyl halides is 2. The van der Waals surface area contributed by atoms with Crippen LogP contribution in [-0.4, -0.2) is 69.2 Å². The third-order valence-electron chi connectivity index (χ3n) is 5.44. The van der Waals surface area contributed by atoms with Crippen LogP contribution in [-0.2, 0) is 7.05 Å². The predicted octanol–water partition coefficient (Wildman–Crippen LogP) is 2.92. The number of anilines is 1. The van der Waals surface area contributed by atoms with Crippen molar-refractivity contribution in [3.05, 3.63) is 36.8 Å². The third kappa shape index (κ3) is 4.96. The highest BCUT2D eigenvalue weighted by Gasteiger charge is 2.24. The average Bonchev–Trinajstić information content (AvgIpc) is 3.23. The first-order valence-electron chi connectivity index (χ1n) is 10.3. The van der Waals surface area contributed by atoms with E-state index in [2.05, 4.69) is 25.7 Å². The number of piperidine rings is 1. The molecular weight excluding hydrogens is 404 g/mol. The molecule has 4 heterocycles. The van der Waals surface area contributed by atoms with Crippen molar-refractivity contribution in [3.63, 3.8) is 0 Å². The van der Waals surface area contributed by atoms with Crippen LogP contribution in [0.15, 0.2) is 36.8 Å². The number of hydrogen-bond donors (Lipinski definition) is 2. The minimum absolute atomic E-state index is 0.00874. The molecule has 10 heteroatoms. The summed E-state index contributed by atoms with van der Waals surface area (Å²) in [6.07, 6.45) is 6.60. The minimum atomic E-state index is -0.767. The van der Waals surface area contributed by atoms with Crippen molar-refractivity contribution in [3.8, 4) is 11.3 Å². The number of fused-ring (bicyclic) bond motifs is 1. The molecule has 1 aliphatic heterocycles. The Labute approximate surface area is 178 Å². The monoisotopic (exact) mass is 429 g/mol. The van der Waals surface area contributed by atoms with Crippen LogP contribution in [0.2, 0.25) is 0 Å². The first-order chi connectivity index (χ1) is 15.1. The third-order valence-corrected chi connectivity index (χ3v) is 5.44. The summed E-state index contributed by atoms with van der Waals surface area (Å²) in [5.41, 5.74) is 2.42. The first kappa shape index (κ1) is 21.1. The SMILES string of the molecule is Cn1cc(-c2ccc3cnc(NC(=O)N4CCC(NC(CF)CF)CC4)cc3n2)cn1. The predicted molar refractivity (Wildman–Crippen MR) is 114 cm³/mol. The Bertz CT molecular complexity index is 1050. The second kappa shape index (κ2) is 9.34. The lowest BCUT2D eigenvalue weighted by Crippen LogP contribution is -2.49. The second-order valence-electron chi connectivity index (χ2n) is 7.73. The minimum Gasteiger partial charge on any atom is -0.324 e. The van der Waals surface area contributed by atoms with E-state index in [0.29, 0.717) is 31.7 Å². The zero-order chi connectivity index (χ0) is 21.8. The average molecular weight is 429 g/mol. The maximum atomic E-state index is 12.7. The molecule has 4 rings (SSSR count). The smallest absolute Gasteiger partial charge is 0.323 e. The lowest BCUT2D eigenvalue weighted by atomic mass is 10.0. The van der Waals surface area contributed by atoms with Crippen LogP contribution in [0.1, 0.15) is 12.8 Å². The van der Waals surface area contributed by atoms with Gasteiger partial charge in [-0.2, -0.15) is 5.10 Å². The molecule has 1 fully saturated rings. The van der Waals surface area contributed by atoms with Crippen molar-refractivity contribution < 1.29 is 13.6 Å². The zero-order valence-corrected chi connectivity index (χ0v) is 17.3. The van der Waals surface area contributed by atoms with E-state index >= 15 is 0 Å². The zero-order valence-electron chi connectivity index (χ0n) is 17.3. The van der Waals surface area contributed by atoms with Crippen LogP contribution in [0.25, 0.3) is 22.2 Å². The Morgan fingerprint density at radius 2 is 2.00 bits per heavy atom. The van der Waals surface area contributed by atoms with E-state index < -0.39 is 19.4 Å². The summed E-state index contributed by atoms with van der Waals surface area (Å²) in [5.74, 6) is 0.420. The Morgan fingerprint density at radius 3 is 2.68 bits per heavy atom. The van der Waals surface area contributed by atoms with Gasteiger partial charge in [-0.3, -0.25) is 10.00 Å². The summed E-state index contributed by atoms with van der Waals surface area (Å²) in [6, 6.07) is 4.58. The van der Waals surface area contributed by atoms with E-state index in [4.69, 9.17) is 0 Å². The maximum Gasteiger partial charge on any atom is 0.323 e. The summed E-state index contributed by atoms with van der Waals surface area (Å²) in [5, 5.41) is 10.8. The number of aryl methyl sites for hydroxylation is 1. The van der Waals surface area contributed by atoms with Crippen molar-refractivity contribution >= 4 is 22.8 Å². The highest BCUT2D eigenvalue weighted by molar-refractivity contribution is 5.91. The molecule has 3 aromatic rings. The second-order valence-corrected chi connectivity index (χ2v) is 7.73. The quantitative estimate of drug-likeness (QED) is 0.629. The van der Waals surface area contributed by atoms with Gasteiger partial charge in [0.1, 0.15) is 19.2 Å². The molecule has 164 valence electrons. The van der Waals surface area contributed by atoms with E-state index in [1.807, 2.05) is 25.4 Å². The fraction of sp³-hybridized carbons (Fsp3) is 0.429. The summed E-state index contributed by atoms with van der Waals surface area (Å²) in [7, 11) is 1.85. The van der Waals surface area contributed by atoms with Crippen LogP contribution in [0.4, 0.5) is 19.4 Å². The van der Waals surface area contributed by atoms with Gasteiger partial charge in [0.2, 0.25) is 0 Å². The normalized spacial score (nSPS) is 15.0. The van der Waals surface area contributed by atoms with Crippen molar-refractivity contribution in [2.45, 2.75) is 24.9 Å². The molecule has 1 saturated heterocycles. The summed E-state index contributed by atoms with van der Waals surface area (Å²) in [4.78, 5) is 23.3. The highest BCUT2D eigenvalue weighted by atomic mass is 19.1. The number of urea groups is 1. The van der Waals surface area contributed by atoms with Gasteiger partial charge in [-0.25, -0.2) is 23.5 Å². The lowest BCUT2D eigenvalue weighted by Gasteiger charge is -2.33. The van der Waals surface area contributed by atoms with Gasteiger partial charge in [0, 0.05) is 55.6 Å². The number of carbonyl (C=O) groups is 1. The molecule has 0 aliphatic carbocycles. The van der Waals surface area contributed by atoms with Gasteiger partial charge in [-0.1, -0.05) is 0 Å². The van der Waals surface area contributed by atoms with Gasteiger partial charge in [-0.15, -0.1) is 0 Å². The molecule has 8 nitrogen and oxygen atoms in total. The Kier molecular flexibility index (Phi) is 6.36. The number of aromatic nitrogens is 4. The summed E-state index contributed by atoms with van der Waals surface area (Å²) >= 11 is 0. The van der Waals surface area contributed by atoms with Crippen molar-refractivity contribution in [2.75, 3.05) is 31.8 Å². The van der Waals surface area contributed by atoms with Gasteiger partial charge in [0.05, 0.1) is 23.4 Å². The van der Waals surface area contributed by atoms with Crippen molar-refractivity contribution in [1.29, 1.82) is 0 Å². The molecule has 0 atom stereocenters. The van der Waals surface area contributed by atoms with Crippen LogP contribution >= 0.6 is 0 Å². The number of rotatable bonds is 6. The topological polar surface area (TPSA) is 88.0 Å². The van der Waals surface area contributed by atoms with E-state index in [1.54, 1.807) is 28.0 Å². The number of carbonyl (C=O) groups excluding carboxylic acids is 1. The van der Waals surface area contributed by atoms with Gasteiger partial charge < -0.3 is 10.2 Å². The largest absolute Gasteiger partial charge is 0.324 e. The maximum absolute atomic E-state index is 12.7. The molecular formula is C21H25F2N7O. The van der Waals surface area contributed by atoms with Crippen LogP contribution < -0.4 is 10.6 Å². The molecule has 0 spiro atoms. The molecule has 0 saturated carbocycles. The van der Waals surface area contributed by atoms with E-state index in [0.717, 1.165) is 22.2 Å². The van der Waals surface area contributed by atoms with Crippen LogP contribution in [0.5, 0.6) is 0 Å². The fourth-order valence-electron chi connectivity index (χ4n) is 3.70. The Morgan fingerprint density at radius 1 is 1.23 bits per heavy atom. The summed E-state index contributed by atoms with van der Waals surface area (Å²) < 4.78 is 27.1. The molecule has 1 aliphatic rings. The van der Waals surface area contributed by atoms with Gasteiger partial charge in [-0.05, 0) is 25.0 Å². The van der Waals surface area contributed by atoms with Crippen molar-refractivity contribution in [1.82, 2.24) is 30.0 Å². The van der Waals surface area contributed by atoms with Crippen molar-refractivity contribution in [2.24, 2.45) is 7.05 Å². The lowest BCUT2D eigenvalue weighted by molar-refractivity contribution is 0.179. The summed E-state index contributed by atoms with van der Waals surface area (Å²) in [6.45, 7) is -0.458. The Balaban J connectivity index is 1.39. The van der Waals surface area contributed by atoms with Gasteiger partial charge >= 0.3 is 6.03 Å². The van der Waals surface area contributed by atoms with E-state index in [9.17, 15) is 13.6 Å². The molecule has 2 amide bonds. The van der Waals surface area contributed by atoms with Crippen LogP contribution in [0, 0.1) is 0 Å². The highest BCUT2D eigenvalue weighted by Crippen LogP contribution is 2.22. The molecule has 3 aromatic heterocycles. The molecule has 0 aromatic carbocycles. The first-order valence-corrected chi connectivity index (χ1v) is 10.3. The number of pyridine rings is 2. The number of halogens is 2. The van der Waals surface area contributed by atoms with Gasteiger partial charge in [0.25, 0.3) is 0 Å². The Hall–Kier alpha value is -3.14. The fourth-order valence-corrected chi connectivity index (χ4v) is 3.70. The number of nitrogens with one attached hydrogen (secondary N) is 2. The van der Waals surface area contributed by atoms with Gasteiger partial charge in [0.15, 0.2) is 0 Å². The van der Waals surface area contributed by atoms with Crippen LogP contribution in [0.3, 0.4) is 0 Å². The number of likely N-dealkylation sites (tertiary alicyclic amines) is 1. The molecule has 0 unspecified atom stereocenters. The number of nitrogens with zero attached hydrogens (tertiary/aromatic N) is 5. The molecule has 2 N–H and O–H groups in total. The molecule has 0 bridgehead atoms. The van der Waals surface area contributed by atoms with E-state index in [1.165, 1.54) is 0 Å². The van der Waals surface area contributed by atoms with E-state index in [-0.39, 0.29) is 12.1 Å².